The molecule has 0 saturated carbocycles. The average Bonchev–Trinajstić information content (AvgIpc) is 3.04. The topological polar surface area (TPSA) is 15.8 Å². The molecule has 1 N–H and O–H groups in total. The Bertz CT molecular complexity index is 821. The predicted octanol–water partition coefficient (Wildman–Crippen LogP) is 4.66. The Morgan fingerprint density at radius 1 is 1.05 bits per heavy atom. The van der Waals surface area contributed by atoms with Crippen LogP contribution in [0.1, 0.15) is 22.3 Å². The Labute approximate surface area is 119 Å². The van der Waals surface area contributed by atoms with Crippen molar-refractivity contribution < 1.29 is 0 Å². The second-order valence-corrected chi connectivity index (χ2v) is 5.67. The maximum absolute atomic E-state index is 3.42. The van der Waals surface area contributed by atoms with Crippen LogP contribution in [0.2, 0.25) is 0 Å². The fourth-order valence-electron chi connectivity index (χ4n) is 3.22. The van der Waals surface area contributed by atoms with Crippen LogP contribution < -0.4 is 0 Å². The Morgan fingerprint density at radius 2 is 1.95 bits per heavy atom. The lowest BCUT2D eigenvalue weighted by Crippen LogP contribution is -1.90. The molecule has 1 heteroatoms. The Kier molecular flexibility index (Phi) is 2.53. The number of aromatic amines is 1. The van der Waals surface area contributed by atoms with E-state index in [-0.39, 0.29) is 0 Å². The largest absolute Gasteiger partial charge is 0.361 e. The zero-order valence-corrected chi connectivity index (χ0v) is 11.6. The first-order valence-electron chi connectivity index (χ1n) is 7.14. The Morgan fingerprint density at radius 3 is 2.85 bits per heavy atom. The molecule has 0 fully saturated rings. The van der Waals surface area contributed by atoms with Crippen LogP contribution in [-0.2, 0) is 12.8 Å². The maximum Gasteiger partial charge on any atom is 0.0486 e. The van der Waals surface area contributed by atoms with Gasteiger partial charge in [0.2, 0.25) is 0 Å². The summed E-state index contributed by atoms with van der Waals surface area (Å²) in [6.07, 6.45) is 6.65. The van der Waals surface area contributed by atoms with Crippen molar-refractivity contribution in [2.24, 2.45) is 0 Å². The van der Waals surface area contributed by atoms with Gasteiger partial charge in [-0.15, -0.1) is 0 Å². The van der Waals surface area contributed by atoms with Gasteiger partial charge in [-0.2, -0.15) is 0 Å². The molecule has 1 nitrogen and oxygen atoms in total. The lowest BCUT2D eigenvalue weighted by molar-refractivity contribution is 1.08. The first-order chi connectivity index (χ1) is 9.81. The van der Waals surface area contributed by atoms with Gasteiger partial charge in [-0.1, -0.05) is 54.1 Å². The molecule has 0 unspecified atom stereocenters. The molecule has 0 bridgehead atoms. The molecule has 4 rings (SSSR count). The van der Waals surface area contributed by atoms with Crippen molar-refractivity contribution in [3.05, 3.63) is 76.5 Å². The lowest BCUT2D eigenvalue weighted by Gasteiger charge is -2.02. The molecular formula is C19H17N. The number of allylic oxidation sites excluding steroid dienone is 1. The molecule has 0 aliphatic heterocycles. The van der Waals surface area contributed by atoms with E-state index in [0.717, 1.165) is 12.8 Å². The van der Waals surface area contributed by atoms with Gasteiger partial charge >= 0.3 is 0 Å². The van der Waals surface area contributed by atoms with Gasteiger partial charge in [0.05, 0.1) is 0 Å². The van der Waals surface area contributed by atoms with E-state index < -0.39 is 0 Å². The summed E-state index contributed by atoms with van der Waals surface area (Å²) < 4.78 is 0. The summed E-state index contributed by atoms with van der Waals surface area (Å²) in [4.78, 5) is 3.42. The van der Waals surface area contributed by atoms with Gasteiger partial charge in [0, 0.05) is 17.1 Å². The number of para-hydroxylation sites is 1. The summed E-state index contributed by atoms with van der Waals surface area (Å²) >= 11 is 0. The van der Waals surface area contributed by atoms with Crippen LogP contribution >= 0.6 is 0 Å². The van der Waals surface area contributed by atoms with Crippen molar-refractivity contribution in [1.29, 1.82) is 0 Å². The summed E-state index contributed by atoms with van der Waals surface area (Å²) in [5.74, 6) is 0. The third-order valence-electron chi connectivity index (χ3n) is 4.26. The van der Waals surface area contributed by atoms with Crippen LogP contribution in [-0.4, -0.2) is 4.98 Å². The number of H-pyrrole nitrogens is 1. The predicted molar refractivity (Wildman–Crippen MR) is 84.9 cm³/mol. The highest BCUT2D eigenvalue weighted by Crippen LogP contribution is 2.29. The van der Waals surface area contributed by atoms with E-state index in [9.17, 15) is 0 Å². The molecule has 3 aromatic rings. The zero-order valence-electron chi connectivity index (χ0n) is 11.6. The molecule has 0 atom stereocenters. The molecule has 1 aromatic heterocycles. The van der Waals surface area contributed by atoms with E-state index in [1.54, 1.807) is 0 Å². The first-order valence-corrected chi connectivity index (χ1v) is 7.14. The van der Waals surface area contributed by atoms with E-state index in [1.165, 1.54) is 38.7 Å². The average molecular weight is 259 g/mol. The number of aryl methyl sites for hydroxylation is 1. The van der Waals surface area contributed by atoms with Gasteiger partial charge in [0.1, 0.15) is 0 Å². The minimum absolute atomic E-state index is 1.04. The minimum Gasteiger partial charge on any atom is -0.361 e. The van der Waals surface area contributed by atoms with Crippen molar-refractivity contribution in [1.82, 2.24) is 4.98 Å². The highest BCUT2D eigenvalue weighted by Gasteiger charge is 2.14. The SMILES string of the molecule is Cc1cccc2c(CC3=Cc4ccccc4C3)c[nH]c12. The normalized spacial score (nSPS) is 13.6. The quantitative estimate of drug-likeness (QED) is 0.689. The monoisotopic (exact) mass is 259 g/mol. The van der Waals surface area contributed by atoms with Crippen LogP contribution in [0.3, 0.4) is 0 Å². The van der Waals surface area contributed by atoms with Crippen LogP contribution in [0.4, 0.5) is 0 Å². The van der Waals surface area contributed by atoms with Gasteiger partial charge in [-0.3, -0.25) is 0 Å². The highest BCUT2D eigenvalue weighted by atomic mass is 14.7. The number of hydrogen-bond acceptors (Lipinski definition) is 0. The molecule has 0 amide bonds. The van der Waals surface area contributed by atoms with Crippen molar-refractivity contribution >= 4 is 17.0 Å². The van der Waals surface area contributed by atoms with Crippen molar-refractivity contribution in [2.75, 3.05) is 0 Å². The van der Waals surface area contributed by atoms with Gasteiger partial charge < -0.3 is 4.98 Å². The smallest absolute Gasteiger partial charge is 0.0486 e. The van der Waals surface area contributed by atoms with Crippen LogP contribution in [0.5, 0.6) is 0 Å². The molecule has 1 aliphatic carbocycles. The second-order valence-electron chi connectivity index (χ2n) is 5.67. The molecule has 0 spiro atoms. The van der Waals surface area contributed by atoms with Crippen LogP contribution in [0.15, 0.2) is 54.2 Å². The number of hydrogen-bond donors (Lipinski definition) is 1. The molecule has 1 aliphatic rings. The van der Waals surface area contributed by atoms with Crippen LogP contribution in [0.25, 0.3) is 17.0 Å². The molecule has 0 radical (unpaired) electrons. The molecule has 1 heterocycles. The number of aromatic nitrogens is 1. The molecule has 20 heavy (non-hydrogen) atoms. The number of rotatable bonds is 2. The standard InChI is InChI=1S/C19H17N/c1-13-5-4-8-18-17(12-20-19(13)18)11-14-9-15-6-2-3-7-16(15)10-14/h2-9,12,20H,10-11H2,1H3. The maximum atomic E-state index is 3.42. The molecular weight excluding hydrogens is 242 g/mol. The van der Waals surface area contributed by atoms with E-state index in [0.29, 0.717) is 0 Å². The van der Waals surface area contributed by atoms with E-state index in [1.807, 2.05) is 0 Å². The van der Waals surface area contributed by atoms with Crippen molar-refractivity contribution in [2.45, 2.75) is 19.8 Å². The van der Waals surface area contributed by atoms with Gasteiger partial charge in [-0.05, 0) is 42.0 Å². The summed E-state index contributed by atoms with van der Waals surface area (Å²) in [5, 5.41) is 1.36. The molecule has 98 valence electrons. The minimum atomic E-state index is 1.04. The van der Waals surface area contributed by atoms with Crippen molar-refractivity contribution in [3.8, 4) is 0 Å². The fraction of sp³-hybridized carbons (Fsp3) is 0.158. The number of nitrogens with one attached hydrogen (secondary N) is 1. The van der Waals surface area contributed by atoms with Crippen LogP contribution in [0, 0.1) is 6.92 Å². The summed E-state index contributed by atoms with van der Waals surface area (Å²) in [6, 6.07) is 15.2. The zero-order chi connectivity index (χ0) is 13.5. The van der Waals surface area contributed by atoms with Crippen molar-refractivity contribution in [3.63, 3.8) is 0 Å². The van der Waals surface area contributed by atoms with Gasteiger partial charge in [0.25, 0.3) is 0 Å². The molecule has 2 aromatic carbocycles. The summed E-state index contributed by atoms with van der Waals surface area (Å²) in [5.41, 5.74) is 8.35. The van der Waals surface area contributed by atoms with E-state index >= 15 is 0 Å². The first kappa shape index (κ1) is 11.5. The third kappa shape index (κ3) is 1.78. The van der Waals surface area contributed by atoms with E-state index in [4.69, 9.17) is 0 Å². The summed E-state index contributed by atoms with van der Waals surface area (Å²) in [7, 11) is 0. The van der Waals surface area contributed by atoms with Gasteiger partial charge in [-0.25, -0.2) is 0 Å². The lowest BCUT2D eigenvalue weighted by atomic mass is 10.0. The number of benzene rings is 2. The second kappa shape index (κ2) is 4.38. The summed E-state index contributed by atoms with van der Waals surface area (Å²) in [6.45, 7) is 2.16. The van der Waals surface area contributed by atoms with E-state index in [2.05, 4.69) is 66.6 Å². The Hall–Kier alpha value is -2.28. The Balaban J connectivity index is 1.69. The van der Waals surface area contributed by atoms with Gasteiger partial charge in [0.15, 0.2) is 0 Å². The number of fused-ring (bicyclic) bond motifs is 2. The molecule has 0 saturated heterocycles. The fourth-order valence-corrected chi connectivity index (χ4v) is 3.22. The highest BCUT2D eigenvalue weighted by molar-refractivity contribution is 5.86. The third-order valence-corrected chi connectivity index (χ3v) is 4.26.